The number of anilines is 1. The predicted octanol–water partition coefficient (Wildman–Crippen LogP) is 2.88. The van der Waals surface area contributed by atoms with Crippen molar-refractivity contribution in [2.24, 2.45) is 0 Å². The summed E-state index contributed by atoms with van der Waals surface area (Å²) in [5.41, 5.74) is 4.05. The molecule has 5 rings (SSSR count). The van der Waals surface area contributed by atoms with Crippen LogP contribution in [0.5, 0.6) is 5.75 Å². The molecule has 1 aromatic carbocycles. The third-order valence-corrected chi connectivity index (χ3v) is 6.48. The second-order valence-electron chi connectivity index (χ2n) is 7.75. The number of hydrogen-bond donors (Lipinski definition) is 2. The van der Waals surface area contributed by atoms with Gasteiger partial charge in [-0.3, -0.25) is 4.98 Å². The molecule has 13 heteroatoms. The highest BCUT2D eigenvalue weighted by atomic mass is 35.5. The van der Waals surface area contributed by atoms with Crippen molar-refractivity contribution in [2.45, 2.75) is 6.54 Å². The van der Waals surface area contributed by atoms with Crippen molar-refractivity contribution in [3.8, 4) is 22.7 Å². The average molecular weight is 513 g/mol. The fraction of sp³-hybridized carbons (Fsp3) is 0.182. The minimum atomic E-state index is -3.39. The molecular weight excluding hydrogens is 492 g/mol. The summed E-state index contributed by atoms with van der Waals surface area (Å²) in [5, 5.41) is 13.3. The maximum Gasteiger partial charge on any atom is 0.209 e. The van der Waals surface area contributed by atoms with Gasteiger partial charge in [0.15, 0.2) is 11.5 Å². The van der Waals surface area contributed by atoms with Crippen LogP contribution in [0.15, 0.2) is 49.1 Å². The van der Waals surface area contributed by atoms with Gasteiger partial charge in [-0.1, -0.05) is 11.6 Å². The molecule has 0 spiro atoms. The number of methoxy groups -OCH3 is 1. The van der Waals surface area contributed by atoms with Gasteiger partial charge >= 0.3 is 0 Å². The smallest absolute Gasteiger partial charge is 0.209 e. The number of nitrogens with zero attached hydrogens (tertiary/aromatic N) is 6. The highest BCUT2D eigenvalue weighted by molar-refractivity contribution is 7.88. The van der Waals surface area contributed by atoms with Gasteiger partial charge in [-0.25, -0.2) is 27.3 Å². The van der Waals surface area contributed by atoms with E-state index in [1.165, 1.54) is 7.11 Å². The first-order valence-corrected chi connectivity index (χ1v) is 12.7. The fourth-order valence-electron chi connectivity index (χ4n) is 3.79. The number of sulfonamides is 1. The largest absolute Gasteiger partial charge is 0.494 e. The van der Waals surface area contributed by atoms with Gasteiger partial charge < -0.3 is 10.1 Å². The molecule has 0 amide bonds. The van der Waals surface area contributed by atoms with Crippen molar-refractivity contribution >= 4 is 44.0 Å². The molecule has 4 heterocycles. The van der Waals surface area contributed by atoms with E-state index in [0.717, 1.165) is 22.7 Å². The number of rotatable bonds is 7. The van der Waals surface area contributed by atoms with Crippen LogP contribution in [0.4, 0.5) is 5.82 Å². The van der Waals surface area contributed by atoms with Crippen LogP contribution in [-0.4, -0.2) is 58.2 Å². The number of fused-ring (bicyclic) bond motifs is 2. The van der Waals surface area contributed by atoms with Crippen LogP contribution in [-0.2, 0) is 16.6 Å². The van der Waals surface area contributed by atoms with Crippen LogP contribution in [0.1, 0.15) is 5.56 Å². The molecule has 0 radical (unpaired) electrons. The van der Waals surface area contributed by atoms with Crippen LogP contribution < -0.4 is 14.8 Å². The Labute approximate surface area is 205 Å². The number of ether oxygens (including phenoxy) is 1. The Morgan fingerprint density at radius 1 is 1.17 bits per heavy atom. The van der Waals surface area contributed by atoms with E-state index in [1.54, 1.807) is 53.0 Å². The molecule has 0 aliphatic carbocycles. The molecule has 11 nitrogen and oxygen atoms in total. The normalized spacial score (nSPS) is 11.9. The molecule has 0 unspecified atom stereocenters. The lowest BCUT2D eigenvalue weighted by Crippen LogP contribution is -2.21. The molecular formula is C22H21ClN8O3S. The highest BCUT2D eigenvalue weighted by Crippen LogP contribution is 2.35. The van der Waals surface area contributed by atoms with Gasteiger partial charge in [0.25, 0.3) is 0 Å². The maximum atomic E-state index is 11.5. The molecule has 5 aromatic rings. The molecule has 4 aromatic heterocycles. The zero-order valence-corrected chi connectivity index (χ0v) is 20.6. The van der Waals surface area contributed by atoms with E-state index >= 15 is 0 Å². The van der Waals surface area contributed by atoms with Gasteiger partial charge in [-0.2, -0.15) is 5.10 Å². The van der Waals surface area contributed by atoms with Gasteiger partial charge in [0, 0.05) is 37.2 Å². The third kappa shape index (κ3) is 4.27. The molecule has 0 fully saturated rings. The van der Waals surface area contributed by atoms with Crippen molar-refractivity contribution in [1.29, 1.82) is 0 Å². The monoisotopic (exact) mass is 512 g/mol. The van der Waals surface area contributed by atoms with Crippen molar-refractivity contribution < 1.29 is 13.2 Å². The highest BCUT2D eigenvalue weighted by Gasteiger charge is 2.19. The van der Waals surface area contributed by atoms with Crippen molar-refractivity contribution in [3.05, 3.63) is 59.6 Å². The standard InChI is InChI=1S/C22H21ClN8O3S/c1-24-21-15-11-26-17(14-12-27-30-6-4-5-25-22(14)30)9-18(15)31(29-21)19-8-16(23)13(7-20(19)34-2)10-28-35(3,32)33/h4-9,11-12,28H,10H2,1-3H3,(H,24,29). The minimum absolute atomic E-state index is 0.0335. The number of hydrogen-bond acceptors (Lipinski definition) is 8. The fourth-order valence-corrected chi connectivity index (χ4v) is 4.43. The molecule has 0 aliphatic heterocycles. The lowest BCUT2D eigenvalue weighted by Gasteiger charge is -2.14. The summed E-state index contributed by atoms with van der Waals surface area (Å²) in [4.78, 5) is 9.05. The van der Waals surface area contributed by atoms with Gasteiger partial charge in [0.05, 0.1) is 41.7 Å². The molecule has 0 bridgehead atoms. The van der Waals surface area contributed by atoms with Gasteiger partial charge in [0.1, 0.15) is 11.4 Å². The Morgan fingerprint density at radius 2 is 2.00 bits per heavy atom. The van der Waals surface area contributed by atoms with E-state index in [1.807, 2.05) is 12.3 Å². The van der Waals surface area contributed by atoms with Gasteiger partial charge in [-0.15, -0.1) is 5.10 Å². The summed E-state index contributed by atoms with van der Waals surface area (Å²) < 4.78 is 34.5. The SMILES string of the molecule is CNc1nn(-c2cc(Cl)c(CNS(C)(=O)=O)cc2OC)c2cc(-c3cnn4cccnc34)ncc12. The second-order valence-corrected chi connectivity index (χ2v) is 9.99. The van der Waals surface area contributed by atoms with Crippen LogP contribution in [0.25, 0.3) is 33.5 Å². The van der Waals surface area contributed by atoms with Crippen LogP contribution >= 0.6 is 11.6 Å². The molecule has 35 heavy (non-hydrogen) atoms. The average Bonchev–Trinajstić information content (AvgIpc) is 3.43. The minimum Gasteiger partial charge on any atom is -0.494 e. The Hall–Kier alpha value is -3.74. The Kier molecular flexibility index (Phi) is 5.79. The van der Waals surface area contributed by atoms with Crippen molar-refractivity contribution in [1.82, 2.24) is 34.1 Å². The van der Waals surface area contributed by atoms with E-state index < -0.39 is 10.0 Å². The zero-order chi connectivity index (χ0) is 24.7. The third-order valence-electron chi connectivity index (χ3n) is 5.46. The quantitative estimate of drug-likeness (QED) is 0.340. The van der Waals surface area contributed by atoms with E-state index in [-0.39, 0.29) is 6.54 Å². The zero-order valence-electron chi connectivity index (χ0n) is 19.0. The Bertz CT molecular complexity index is 1680. The van der Waals surface area contributed by atoms with E-state index in [4.69, 9.17) is 21.4 Å². The summed E-state index contributed by atoms with van der Waals surface area (Å²) in [7, 11) is -0.0782. The van der Waals surface area contributed by atoms with Crippen molar-refractivity contribution in [3.63, 3.8) is 0 Å². The summed E-state index contributed by atoms with van der Waals surface area (Å²) >= 11 is 6.53. The first-order valence-electron chi connectivity index (χ1n) is 10.5. The van der Waals surface area contributed by atoms with Gasteiger partial charge in [-0.05, 0) is 29.8 Å². The lowest BCUT2D eigenvalue weighted by molar-refractivity contribution is 0.411. The molecule has 0 saturated carbocycles. The summed E-state index contributed by atoms with van der Waals surface area (Å²) in [6.07, 6.45) is 8.07. The first-order chi connectivity index (χ1) is 16.8. The summed E-state index contributed by atoms with van der Waals surface area (Å²) in [6.45, 7) is 0.0335. The topological polar surface area (TPSA) is 128 Å². The van der Waals surface area contributed by atoms with Crippen LogP contribution in [0, 0.1) is 0 Å². The van der Waals surface area contributed by atoms with Gasteiger partial charge in [0.2, 0.25) is 10.0 Å². The van der Waals surface area contributed by atoms with Crippen LogP contribution in [0.2, 0.25) is 5.02 Å². The number of benzene rings is 1. The van der Waals surface area contributed by atoms with E-state index in [0.29, 0.717) is 39.2 Å². The molecule has 0 atom stereocenters. The summed E-state index contributed by atoms with van der Waals surface area (Å²) in [5.74, 6) is 1.10. The number of halogens is 1. The predicted molar refractivity (Wildman–Crippen MR) is 134 cm³/mol. The first kappa shape index (κ1) is 23.0. The van der Waals surface area contributed by atoms with E-state index in [2.05, 4.69) is 25.1 Å². The van der Waals surface area contributed by atoms with Crippen LogP contribution in [0.3, 0.4) is 0 Å². The Balaban J connectivity index is 1.67. The lowest BCUT2D eigenvalue weighted by atomic mass is 10.1. The molecule has 0 saturated heterocycles. The molecule has 0 aliphatic rings. The number of aromatic nitrogens is 6. The number of pyridine rings is 1. The summed E-state index contributed by atoms with van der Waals surface area (Å²) in [6, 6.07) is 7.10. The number of nitrogens with one attached hydrogen (secondary N) is 2. The maximum absolute atomic E-state index is 11.5. The second kappa shape index (κ2) is 8.80. The Morgan fingerprint density at radius 3 is 2.74 bits per heavy atom. The van der Waals surface area contributed by atoms with E-state index in [9.17, 15) is 8.42 Å². The molecule has 2 N–H and O–H groups in total. The van der Waals surface area contributed by atoms with Crippen molar-refractivity contribution in [2.75, 3.05) is 25.7 Å². The molecule has 180 valence electrons.